The normalized spacial score (nSPS) is 11.4. The fraction of sp³-hybridized carbons (Fsp3) is 0.0645. The summed E-state index contributed by atoms with van der Waals surface area (Å²) in [5.74, 6) is 1.30. The van der Waals surface area contributed by atoms with Gasteiger partial charge >= 0.3 is 0 Å². The van der Waals surface area contributed by atoms with Crippen molar-refractivity contribution in [2.45, 2.75) is 6.61 Å². The Balaban J connectivity index is 1.44. The molecule has 0 spiro atoms. The van der Waals surface area contributed by atoms with Crippen molar-refractivity contribution in [1.82, 2.24) is 9.66 Å². The lowest BCUT2D eigenvalue weighted by Crippen LogP contribution is -2.20. The summed E-state index contributed by atoms with van der Waals surface area (Å²) in [6.07, 6.45) is 1.47. The fourth-order valence-electron chi connectivity index (χ4n) is 4.49. The third-order valence-corrected chi connectivity index (χ3v) is 7.26. The van der Waals surface area contributed by atoms with Gasteiger partial charge in [0.05, 0.1) is 29.2 Å². The van der Waals surface area contributed by atoms with Crippen molar-refractivity contribution in [3.8, 4) is 23.1 Å². The van der Waals surface area contributed by atoms with Gasteiger partial charge in [-0.2, -0.15) is 9.78 Å². The Morgan fingerprint density at radius 2 is 1.88 bits per heavy atom. The van der Waals surface area contributed by atoms with Crippen LogP contribution < -0.4 is 15.0 Å². The molecule has 0 unspecified atom stereocenters. The highest BCUT2D eigenvalue weighted by Gasteiger charge is 2.18. The lowest BCUT2D eigenvalue weighted by Gasteiger charge is -2.14. The smallest absolute Gasteiger partial charge is 0.282 e. The van der Waals surface area contributed by atoms with Gasteiger partial charge in [-0.3, -0.25) is 14.9 Å². The van der Waals surface area contributed by atoms with E-state index in [9.17, 15) is 14.9 Å². The maximum atomic E-state index is 13.7. The number of rotatable bonds is 8. The summed E-state index contributed by atoms with van der Waals surface area (Å²) in [6, 6.07) is 23.5. The summed E-state index contributed by atoms with van der Waals surface area (Å²) in [6.45, 7) is 0.0983. The zero-order chi connectivity index (χ0) is 30.1. The number of methoxy groups -OCH3 is 1. The van der Waals surface area contributed by atoms with E-state index in [1.165, 1.54) is 30.1 Å². The van der Waals surface area contributed by atoms with E-state index in [1.54, 1.807) is 72.8 Å². The Bertz CT molecular complexity index is 2110. The molecule has 6 rings (SSSR count). The summed E-state index contributed by atoms with van der Waals surface area (Å²) in [5.41, 5.74) is 1.86. The third kappa shape index (κ3) is 5.72. The average molecular weight is 660 g/mol. The van der Waals surface area contributed by atoms with Gasteiger partial charge in [0.2, 0.25) is 5.82 Å². The fourth-order valence-corrected chi connectivity index (χ4v) is 5.13. The maximum Gasteiger partial charge on any atom is 0.282 e. The molecular formula is C31H20BrClN4O6. The van der Waals surface area contributed by atoms with Crippen LogP contribution in [0.15, 0.2) is 104 Å². The molecule has 4 aromatic carbocycles. The molecule has 12 heteroatoms. The molecule has 0 amide bonds. The number of nitro benzene ring substituents is 1. The number of non-ortho nitro benzene ring substituents is 1. The van der Waals surface area contributed by atoms with Gasteiger partial charge in [0.25, 0.3) is 11.2 Å². The lowest BCUT2D eigenvalue weighted by atomic mass is 10.2. The van der Waals surface area contributed by atoms with E-state index < -0.39 is 10.5 Å². The Labute approximate surface area is 257 Å². The van der Waals surface area contributed by atoms with Crippen LogP contribution in [0.1, 0.15) is 11.1 Å². The van der Waals surface area contributed by atoms with Crippen LogP contribution in [0.5, 0.6) is 11.5 Å². The number of para-hydroxylation sites is 1. The average Bonchev–Trinajstić information content (AvgIpc) is 3.43. The van der Waals surface area contributed by atoms with E-state index in [-0.39, 0.29) is 18.1 Å². The zero-order valence-corrected chi connectivity index (χ0v) is 24.7. The molecule has 0 aliphatic heterocycles. The van der Waals surface area contributed by atoms with Crippen LogP contribution >= 0.6 is 27.5 Å². The van der Waals surface area contributed by atoms with Crippen LogP contribution in [0.2, 0.25) is 5.02 Å². The number of nitro groups is 1. The number of nitrogens with zero attached hydrogens (tertiary/aromatic N) is 4. The van der Waals surface area contributed by atoms with Gasteiger partial charge in [-0.1, -0.05) is 39.7 Å². The first kappa shape index (κ1) is 28.1. The largest absolute Gasteiger partial charge is 0.493 e. The standard InChI is InChI=1S/C31H20BrClN4O6/c1-41-27-15-21(32)12-20(29(27)42-17-18-6-9-23(10-7-18)37(39)40)16-34-36-30(35-25-5-3-2-4-24(25)31(36)38)28-14-19-13-22(33)8-11-26(19)43-28/h2-16H,17H2,1H3. The SMILES string of the molecule is COc1cc(Br)cc(C=Nn2c(-c3cc4cc(Cl)ccc4o3)nc3ccccc3c2=O)c1OCc1ccc([N+](=O)[O-])cc1. The van der Waals surface area contributed by atoms with Gasteiger partial charge in [-0.25, -0.2) is 4.98 Å². The number of fused-ring (bicyclic) bond motifs is 2. The van der Waals surface area contributed by atoms with Crippen molar-refractivity contribution >= 4 is 61.3 Å². The third-order valence-electron chi connectivity index (χ3n) is 6.56. The molecule has 0 atom stereocenters. The summed E-state index contributed by atoms with van der Waals surface area (Å²) in [7, 11) is 1.51. The molecule has 2 heterocycles. The second kappa shape index (κ2) is 11.7. The number of ether oxygens (including phenoxy) is 2. The Morgan fingerprint density at radius 3 is 2.65 bits per heavy atom. The minimum absolute atomic E-state index is 0.0180. The monoisotopic (exact) mass is 658 g/mol. The molecule has 0 saturated heterocycles. The molecule has 0 radical (unpaired) electrons. The molecular weight excluding hydrogens is 640 g/mol. The number of hydrogen-bond acceptors (Lipinski definition) is 8. The van der Waals surface area contributed by atoms with Crippen LogP contribution in [-0.2, 0) is 6.61 Å². The number of benzene rings is 4. The molecule has 2 aromatic heterocycles. The van der Waals surface area contributed by atoms with Gasteiger partial charge < -0.3 is 13.9 Å². The van der Waals surface area contributed by atoms with Crippen molar-refractivity contribution in [3.05, 3.63) is 126 Å². The minimum Gasteiger partial charge on any atom is -0.493 e. The number of furan rings is 1. The molecule has 6 aromatic rings. The van der Waals surface area contributed by atoms with E-state index in [4.69, 9.17) is 30.5 Å². The quantitative estimate of drug-likeness (QED) is 0.0937. The van der Waals surface area contributed by atoms with Crippen LogP contribution in [0.4, 0.5) is 5.69 Å². The zero-order valence-electron chi connectivity index (χ0n) is 22.4. The van der Waals surface area contributed by atoms with E-state index in [1.807, 2.05) is 0 Å². The molecule has 0 bridgehead atoms. The Kier molecular flexibility index (Phi) is 7.66. The molecule has 0 N–H and O–H groups in total. The van der Waals surface area contributed by atoms with E-state index >= 15 is 0 Å². The van der Waals surface area contributed by atoms with Gasteiger partial charge in [-0.05, 0) is 66.2 Å². The maximum absolute atomic E-state index is 13.7. The van der Waals surface area contributed by atoms with E-state index in [0.717, 1.165) is 5.39 Å². The van der Waals surface area contributed by atoms with Crippen LogP contribution in [0, 0.1) is 10.1 Å². The summed E-state index contributed by atoms with van der Waals surface area (Å²) < 4.78 is 19.6. The van der Waals surface area contributed by atoms with Crippen LogP contribution in [0.25, 0.3) is 33.5 Å². The molecule has 214 valence electrons. The highest BCUT2D eigenvalue weighted by Crippen LogP contribution is 2.35. The van der Waals surface area contributed by atoms with Gasteiger partial charge in [-0.15, -0.1) is 0 Å². The first-order valence-corrected chi connectivity index (χ1v) is 14.0. The Hall–Kier alpha value is -5.00. The number of halogens is 2. The van der Waals surface area contributed by atoms with Crippen molar-refractivity contribution in [2.75, 3.05) is 7.11 Å². The highest BCUT2D eigenvalue weighted by atomic mass is 79.9. The molecule has 0 saturated carbocycles. The highest BCUT2D eigenvalue weighted by molar-refractivity contribution is 9.10. The van der Waals surface area contributed by atoms with Gasteiger partial charge in [0, 0.05) is 32.6 Å². The first-order chi connectivity index (χ1) is 20.8. The first-order valence-electron chi connectivity index (χ1n) is 12.8. The summed E-state index contributed by atoms with van der Waals surface area (Å²) in [5, 5.41) is 17.2. The van der Waals surface area contributed by atoms with Gasteiger partial charge in [0.1, 0.15) is 12.2 Å². The number of aromatic nitrogens is 2. The predicted octanol–water partition coefficient (Wildman–Crippen LogP) is 7.60. The second-order valence-corrected chi connectivity index (χ2v) is 10.7. The summed E-state index contributed by atoms with van der Waals surface area (Å²) in [4.78, 5) is 29.0. The number of hydrogen-bond donors (Lipinski definition) is 0. The lowest BCUT2D eigenvalue weighted by molar-refractivity contribution is -0.384. The molecule has 43 heavy (non-hydrogen) atoms. The predicted molar refractivity (Wildman–Crippen MR) is 167 cm³/mol. The Morgan fingerprint density at radius 1 is 1.09 bits per heavy atom. The molecule has 0 aliphatic rings. The molecule has 0 aliphatic carbocycles. The van der Waals surface area contributed by atoms with Crippen LogP contribution in [-0.4, -0.2) is 27.9 Å². The molecule has 0 fully saturated rings. The topological polar surface area (TPSA) is 122 Å². The van der Waals surface area contributed by atoms with E-state index in [0.29, 0.717) is 54.4 Å². The summed E-state index contributed by atoms with van der Waals surface area (Å²) >= 11 is 9.66. The second-order valence-electron chi connectivity index (χ2n) is 9.35. The van der Waals surface area contributed by atoms with Crippen LogP contribution in [0.3, 0.4) is 0 Å². The van der Waals surface area contributed by atoms with Crippen molar-refractivity contribution in [2.24, 2.45) is 5.10 Å². The van der Waals surface area contributed by atoms with Crippen molar-refractivity contribution < 1.29 is 18.8 Å². The van der Waals surface area contributed by atoms with E-state index in [2.05, 4.69) is 21.0 Å². The van der Waals surface area contributed by atoms with Crippen molar-refractivity contribution in [3.63, 3.8) is 0 Å². The van der Waals surface area contributed by atoms with Crippen molar-refractivity contribution in [1.29, 1.82) is 0 Å². The molecule has 10 nitrogen and oxygen atoms in total. The minimum atomic E-state index is -0.463. The van der Waals surface area contributed by atoms with Gasteiger partial charge in [0.15, 0.2) is 17.3 Å².